The highest BCUT2D eigenvalue weighted by atomic mass is 32.2. The van der Waals surface area contributed by atoms with Gasteiger partial charge in [-0.05, 0) is 19.4 Å². The summed E-state index contributed by atoms with van der Waals surface area (Å²) in [6.45, 7) is 3.72. The summed E-state index contributed by atoms with van der Waals surface area (Å²) in [6, 6.07) is 9.26. The summed E-state index contributed by atoms with van der Waals surface area (Å²) in [5.74, 6) is -9.77. The first-order valence-electron chi connectivity index (χ1n) is 6.93. The van der Waals surface area contributed by atoms with Gasteiger partial charge in [-0.25, -0.2) is 22.0 Å². The SMILES string of the molecule is CC(C)(SC(=S)Cc1c(F)c(F)c(F)c(F)c1F)c1ccccc1. The van der Waals surface area contributed by atoms with Crippen LogP contribution in [0.5, 0.6) is 0 Å². The first kappa shape index (κ1) is 18.9. The van der Waals surface area contributed by atoms with Crippen LogP contribution < -0.4 is 0 Å². The fraction of sp³-hybridized carbons (Fsp3) is 0.235. The molecule has 0 atom stereocenters. The Morgan fingerprint density at radius 3 is 1.83 bits per heavy atom. The average molecular weight is 376 g/mol. The second-order valence-electron chi connectivity index (χ2n) is 5.58. The van der Waals surface area contributed by atoms with Crippen LogP contribution >= 0.6 is 24.0 Å². The second kappa shape index (κ2) is 7.19. The van der Waals surface area contributed by atoms with E-state index in [0.29, 0.717) is 0 Å². The van der Waals surface area contributed by atoms with Crippen LogP contribution in [0.1, 0.15) is 25.0 Å². The van der Waals surface area contributed by atoms with E-state index in [1.807, 2.05) is 44.2 Å². The molecule has 0 fully saturated rings. The molecule has 0 aliphatic heterocycles. The van der Waals surface area contributed by atoms with Crippen molar-refractivity contribution in [2.45, 2.75) is 25.0 Å². The number of hydrogen-bond donors (Lipinski definition) is 0. The molecule has 0 amide bonds. The smallest absolute Gasteiger partial charge is 0.200 e. The molecule has 0 saturated heterocycles. The molecule has 0 bridgehead atoms. The van der Waals surface area contributed by atoms with Crippen molar-refractivity contribution in [1.82, 2.24) is 0 Å². The zero-order valence-corrected chi connectivity index (χ0v) is 14.4. The summed E-state index contributed by atoms with van der Waals surface area (Å²) >= 11 is 6.26. The van der Waals surface area contributed by atoms with E-state index < -0.39 is 45.8 Å². The van der Waals surface area contributed by atoms with E-state index >= 15 is 0 Å². The molecule has 0 N–H and O–H groups in total. The third-order valence-electron chi connectivity index (χ3n) is 3.46. The van der Waals surface area contributed by atoms with E-state index in [9.17, 15) is 22.0 Å². The van der Waals surface area contributed by atoms with Crippen molar-refractivity contribution in [2.24, 2.45) is 0 Å². The van der Waals surface area contributed by atoms with E-state index in [0.717, 1.165) is 17.3 Å². The minimum absolute atomic E-state index is 0.132. The molecule has 0 saturated carbocycles. The first-order valence-corrected chi connectivity index (χ1v) is 8.15. The fourth-order valence-corrected chi connectivity index (χ4v) is 3.98. The predicted octanol–water partition coefficient (Wildman–Crippen LogP) is 5.92. The third-order valence-corrected chi connectivity index (χ3v) is 4.97. The Labute approximate surface area is 146 Å². The molecule has 0 unspecified atom stereocenters. The molecule has 128 valence electrons. The minimum atomic E-state index is -2.17. The lowest BCUT2D eigenvalue weighted by Crippen LogP contribution is -2.17. The highest BCUT2D eigenvalue weighted by molar-refractivity contribution is 8.23. The lowest BCUT2D eigenvalue weighted by Gasteiger charge is -2.25. The molecular formula is C17H13F5S2. The van der Waals surface area contributed by atoms with Crippen LogP contribution in [0.4, 0.5) is 22.0 Å². The van der Waals surface area contributed by atoms with Crippen molar-refractivity contribution >= 4 is 28.2 Å². The maximum absolute atomic E-state index is 13.7. The van der Waals surface area contributed by atoms with E-state index in [4.69, 9.17) is 12.2 Å². The maximum Gasteiger partial charge on any atom is 0.200 e. The van der Waals surface area contributed by atoms with Gasteiger partial charge in [-0.15, -0.1) is 11.8 Å². The van der Waals surface area contributed by atoms with Gasteiger partial charge in [-0.1, -0.05) is 42.5 Å². The number of rotatable bonds is 4. The van der Waals surface area contributed by atoms with Gasteiger partial charge in [0.05, 0.1) is 4.20 Å². The van der Waals surface area contributed by atoms with Crippen LogP contribution in [0.3, 0.4) is 0 Å². The number of thioether (sulfide) groups is 1. The second-order valence-corrected chi connectivity index (χ2v) is 8.04. The van der Waals surface area contributed by atoms with Gasteiger partial charge in [0.2, 0.25) is 5.82 Å². The first-order chi connectivity index (χ1) is 11.1. The largest absolute Gasteiger partial charge is 0.203 e. The summed E-state index contributed by atoms with van der Waals surface area (Å²) in [5.41, 5.74) is 0.0162. The molecule has 7 heteroatoms. The quantitative estimate of drug-likeness (QED) is 0.281. The summed E-state index contributed by atoms with van der Waals surface area (Å²) in [4.78, 5) is 0. The Morgan fingerprint density at radius 1 is 0.875 bits per heavy atom. The van der Waals surface area contributed by atoms with Gasteiger partial charge >= 0.3 is 0 Å². The molecule has 0 aliphatic rings. The Hall–Kier alpha value is -1.47. The molecule has 24 heavy (non-hydrogen) atoms. The number of thiocarbonyl (C=S) groups is 1. The van der Waals surface area contributed by atoms with Gasteiger partial charge in [0.1, 0.15) is 0 Å². The highest BCUT2D eigenvalue weighted by Crippen LogP contribution is 2.37. The summed E-state index contributed by atoms with van der Waals surface area (Å²) in [6.07, 6.45) is -0.526. The molecule has 0 nitrogen and oxygen atoms in total. The number of hydrogen-bond acceptors (Lipinski definition) is 2. The van der Waals surface area contributed by atoms with E-state index in [1.165, 1.54) is 0 Å². The zero-order chi connectivity index (χ0) is 18.1. The normalized spacial score (nSPS) is 11.6. The van der Waals surface area contributed by atoms with Gasteiger partial charge in [0, 0.05) is 16.7 Å². The number of benzene rings is 2. The van der Waals surface area contributed by atoms with Crippen molar-refractivity contribution in [1.29, 1.82) is 0 Å². The molecule has 2 aromatic rings. The van der Waals surface area contributed by atoms with Crippen LogP contribution in [0.25, 0.3) is 0 Å². The number of halogens is 5. The van der Waals surface area contributed by atoms with Gasteiger partial charge in [0.15, 0.2) is 23.3 Å². The van der Waals surface area contributed by atoms with Gasteiger partial charge < -0.3 is 0 Å². The zero-order valence-electron chi connectivity index (χ0n) is 12.8. The van der Waals surface area contributed by atoms with Crippen LogP contribution in [0, 0.1) is 29.1 Å². The summed E-state index contributed by atoms with van der Waals surface area (Å²) in [5, 5.41) is 0. The Balaban J connectivity index is 2.25. The summed E-state index contributed by atoms with van der Waals surface area (Å²) in [7, 11) is 0. The standard InChI is InChI=1S/C17H13F5S2/c1-17(2,9-6-4-3-5-7-9)24-11(23)8-10-12(18)14(20)16(22)15(21)13(10)19/h3-7H,8H2,1-2H3. The monoisotopic (exact) mass is 376 g/mol. The third kappa shape index (κ3) is 3.78. The van der Waals surface area contributed by atoms with Gasteiger partial charge in [0.25, 0.3) is 0 Å². The molecule has 0 aromatic heterocycles. The van der Waals surface area contributed by atoms with Crippen molar-refractivity contribution in [3.8, 4) is 0 Å². The lowest BCUT2D eigenvalue weighted by atomic mass is 10.0. The maximum atomic E-state index is 13.7. The molecule has 0 aliphatic carbocycles. The topological polar surface area (TPSA) is 0 Å². The Bertz CT molecular complexity index is 743. The van der Waals surface area contributed by atoms with E-state index in [-0.39, 0.29) is 4.20 Å². The van der Waals surface area contributed by atoms with Crippen LogP contribution in [-0.2, 0) is 11.2 Å². The average Bonchev–Trinajstić information content (AvgIpc) is 2.55. The molecule has 2 rings (SSSR count). The van der Waals surface area contributed by atoms with Gasteiger partial charge in [-0.2, -0.15) is 0 Å². The minimum Gasteiger partial charge on any atom is -0.203 e. The highest BCUT2D eigenvalue weighted by Gasteiger charge is 2.28. The predicted molar refractivity (Wildman–Crippen MR) is 89.6 cm³/mol. The van der Waals surface area contributed by atoms with Crippen LogP contribution in [-0.4, -0.2) is 4.20 Å². The van der Waals surface area contributed by atoms with Crippen LogP contribution in [0.15, 0.2) is 30.3 Å². The molecule has 0 radical (unpaired) electrons. The van der Waals surface area contributed by atoms with Crippen molar-refractivity contribution < 1.29 is 22.0 Å². The summed E-state index contributed by atoms with van der Waals surface area (Å²) < 4.78 is 66.6. The van der Waals surface area contributed by atoms with Crippen molar-refractivity contribution in [3.63, 3.8) is 0 Å². The van der Waals surface area contributed by atoms with Gasteiger partial charge in [-0.3, -0.25) is 0 Å². The van der Waals surface area contributed by atoms with E-state index in [2.05, 4.69) is 0 Å². The fourth-order valence-electron chi connectivity index (χ4n) is 2.17. The molecule has 0 spiro atoms. The van der Waals surface area contributed by atoms with Crippen LogP contribution in [0.2, 0.25) is 0 Å². The van der Waals surface area contributed by atoms with Crippen molar-refractivity contribution in [2.75, 3.05) is 0 Å². The molecular weight excluding hydrogens is 363 g/mol. The lowest BCUT2D eigenvalue weighted by molar-refractivity contribution is 0.372. The van der Waals surface area contributed by atoms with Crippen molar-refractivity contribution in [3.05, 3.63) is 70.5 Å². The molecule has 2 aromatic carbocycles. The Morgan fingerprint density at radius 2 is 1.33 bits per heavy atom. The van der Waals surface area contributed by atoms with E-state index in [1.54, 1.807) is 0 Å². The Kier molecular flexibility index (Phi) is 5.65. The molecule has 0 heterocycles.